The number of rotatable bonds is 5. The van der Waals surface area contributed by atoms with E-state index in [2.05, 4.69) is 10.6 Å². The van der Waals surface area contributed by atoms with Crippen molar-refractivity contribution in [2.24, 2.45) is 0 Å². The van der Waals surface area contributed by atoms with E-state index < -0.39 is 6.03 Å². The van der Waals surface area contributed by atoms with Crippen LogP contribution in [0.4, 0.5) is 21.9 Å². The first-order chi connectivity index (χ1) is 13.2. The summed E-state index contributed by atoms with van der Waals surface area (Å²) in [5, 5.41) is 5.53. The molecule has 0 aliphatic rings. The topological polar surface area (TPSA) is 61.4 Å². The highest BCUT2D eigenvalue weighted by Crippen LogP contribution is 2.22. The lowest BCUT2D eigenvalue weighted by atomic mass is 10.1. The number of carbonyl (C=O) groups excluding carboxylic acids is 2. The van der Waals surface area contributed by atoms with E-state index in [0.717, 1.165) is 5.69 Å². The van der Waals surface area contributed by atoms with Crippen molar-refractivity contribution < 1.29 is 9.59 Å². The van der Waals surface area contributed by atoms with Crippen LogP contribution in [-0.4, -0.2) is 18.5 Å². The molecule has 0 atom stereocenters. The summed E-state index contributed by atoms with van der Waals surface area (Å²) in [6.07, 6.45) is 0. The third kappa shape index (κ3) is 4.52. The Bertz CT molecular complexity index is 911. The number of hydrogen-bond acceptors (Lipinski definition) is 2. The van der Waals surface area contributed by atoms with Gasteiger partial charge in [-0.25, -0.2) is 4.79 Å². The molecule has 2 N–H and O–H groups in total. The maximum Gasteiger partial charge on any atom is 0.323 e. The Morgan fingerprint density at radius 1 is 0.778 bits per heavy atom. The van der Waals surface area contributed by atoms with Gasteiger partial charge in [-0.05, 0) is 43.3 Å². The third-order valence-corrected chi connectivity index (χ3v) is 4.07. The second-order valence-electron chi connectivity index (χ2n) is 5.88. The van der Waals surface area contributed by atoms with Gasteiger partial charge in [-0.2, -0.15) is 0 Å². The minimum atomic E-state index is -0.399. The van der Waals surface area contributed by atoms with Gasteiger partial charge in [-0.15, -0.1) is 0 Å². The molecule has 0 spiro atoms. The molecule has 0 aliphatic heterocycles. The molecule has 0 aromatic heterocycles. The fraction of sp³-hybridized carbons (Fsp3) is 0.0909. The van der Waals surface area contributed by atoms with E-state index >= 15 is 0 Å². The Hall–Kier alpha value is -3.60. The van der Waals surface area contributed by atoms with Crippen LogP contribution in [0.3, 0.4) is 0 Å². The van der Waals surface area contributed by atoms with Gasteiger partial charge in [0.2, 0.25) is 0 Å². The van der Waals surface area contributed by atoms with Crippen LogP contribution in [0.1, 0.15) is 17.3 Å². The molecular weight excluding hydrogens is 338 g/mol. The average Bonchev–Trinajstić information content (AvgIpc) is 2.70. The van der Waals surface area contributed by atoms with Crippen LogP contribution >= 0.6 is 0 Å². The van der Waals surface area contributed by atoms with E-state index in [1.165, 1.54) is 0 Å². The van der Waals surface area contributed by atoms with Crippen LogP contribution in [-0.2, 0) is 0 Å². The predicted molar refractivity (Wildman–Crippen MR) is 109 cm³/mol. The van der Waals surface area contributed by atoms with Crippen LogP contribution in [0.5, 0.6) is 0 Å². The summed E-state index contributed by atoms with van der Waals surface area (Å²) in [6.45, 7) is 2.44. The number of urea groups is 1. The van der Waals surface area contributed by atoms with Crippen molar-refractivity contribution in [3.63, 3.8) is 0 Å². The van der Waals surface area contributed by atoms with Gasteiger partial charge in [0.15, 0.2) is 0 Å². The van der Waals surface area contributed by atoms with E-state index in [1.807, 2.05) is 55.5 Å². The van der Waals surface area contributed by atoms with Crippen molar-refractivity contribution in [2.45, 2.75) is 6.92 Å². The zero-order chi connectivity index (χ0) is 19.1. The molecule has 0 heterocycles. The van der Waals surface area contributed by atoms with Crippen molar-refractivity contribution in [3.05, 3.63) is 90.5 Å². The summed E-state index contributed by atoms with van der Waals surface area (Å²) < 4.78 is 0. The summed E-state index contributed by atoms with van der Waals surface area (Å²) in [4.78, 5) is 27.1. The molecule has 3 rings (SSSR count). The van der Waals surface area contributed by atoms with Gasteiger partial charge in [-0.1, -0.05) is 48.5 Å². The Morgan fingerprint density at radius 3 is 2.04 bits per heavy atom. The van der Waals surface area contributed by atoms with E-state index in [0.29, 0.717) is 23.5 Å². The SMILES string of the molecule is CCN(C(=O)c1ccccc1NC(=O)Nc1ccccc1)c1ccccc1. The first-order valence-electron chi connectivity index (χ1n) is 8.78. The number of anilines is 3. The Morgan fingerprint density at radius 2 is 1.37 bits per heavy atom. The normalized spacial score (nSPS) is 10.1. The molecule has 136 valence electrons. The molecule has 0 saturated carbocycles. The van der Waals surface area contributed by atoms with Crippen LogP contribution in [0.2, 0.25) is 0 Å². The maximum atomic E-state index is 13.1. The number of nitrogens with zero attached hydrogens (tertiary/aromatic N) is 1. The number of amides is 3. The number of para-hydroxylation sites is 3. The van der Waals surface area contributed by atoms with Crippen LogP contribution < -0.4 is 15.5 Å². The van der Waals surface area contributed by atoms with Crippen LogP contribution in [0, 0.1) is 0 Å². The zero-order valence-corrected chi connectivity index (χ0v) is 15.1. The number of nitrogens with one attached hydrogen (secondary N) is 2. The largest absolute Gasteiger partial charge is 0.323 e. The van der Waals surface area contributed by atoms with Crippen molar-refractivity contribution in [1.29, 1.82) is 0 Å². The molecule has 0 bridgehead atoms. The Kier molecular flexibility index (Phi) is 5.84. The van der Waals surface area contributed by atoms with Crippen molar-refractivity contribution in [1.82, 2.24) is 0 Å². The number of hydrogen-bond donors (Lipinski definition) is 2. The quantitative estimate of drug-likeness (QED) is 0.673. The van der Waals surface area contributed by atoms with Gasteiger partial charge in [0.1, 0.15) is 0 Å². The molecule has 0 radical (unpaired) electrons. The molecular formula is C22H21N3O2. The zero-order valence-electron chi connectivity index (χ0n) is 15.1. The molecule has 0 fully saturated rings. The Labute approximate surface area is 158 Å². The summed E-state index contributed by atoms with van der Waals surface area (Å²) in [6, 6.07) is 25.2. The molecule has 3 amide bonds. The highest BCUT2D eigenvalue weighted by atomic mass is 16.2. The molecule has 5 nitrogen and oxygen atoms in total. The van der Waals surface area contributed by atoms with E-state index in [9.17, 15) is 9.59 Å². The second-order valence-corrected chi connectivity index (χ2v) is 5.88. The molecule has 0 unspecified atom stereocenters. The molecule has 3 aromatic carbocycles. The van der Waals surface area contributed by atoms with Gasteiger partial charge < -0.3 is 15.5 Å². The standard InChI is InChI=1S/C22H21N3O2/c1-2-25(18-13-7-4-8-14-18)21(26)19-15-9-10-16-20(19)24-22(27)23-17-11-5-3-6-12-17/h3-16H,2H2,1H3,(H2,23,24,27). The molecule has 0 aliphatic carbocycles. The minimum absolute atomic E-state index is 0.167. The predicted octanol–water partition coefficient (Wildman–Crippen LogP) is 5.00. The minimum Gasteiger partial charge on any atom is -0.309 e. The lowest BCUT2D eigenvalue weighted by Gasteiger charge is -2.22. The summed E-state index contributed by atoms with van der Waals surface area (Å²) in [7, 11) is 0. The van der Waals surface area contributed by atoms with Crippen LogP contribution in [0.15, 0.2) is 84.9 Å². The van der Waals surface area contributed by atoms with Gasteiger partial charge in [0, 0.05) is 17.9 Å². The molecule has 27 heavy (non-hydrogen) atoms. The first kappa shape index (κ1) is 18.2. The first-order valence-corrected chi connectivity index (χ1v) is 8.78. The maximum absolute atomic E-state index is 13.1. The second kappa shape index (κ2) is 8.67. The summed E-state index contributed by atoms with van der Waals surface area (Å²) in [5.41, 5.74) is 2.39. The fourth-order valence-electron chi connectivity index (χ4n) is 2.78. The average molecular weight is 359 g/mol. The lowest BCUT2D eigenvalue weighted by molar-refractivity contribution is 0.0989. The highest BCUT2D eigenvalue weighted by molar-refractivity contribution is 6.12. The fourth-order valence-corrected chi connectivity index (χ4v) is 2.78. The van der Waals surface area contributed by atoms with E-state index in [4.69, 9.17) is 0 Å². The van der Waals surface area contributed by atoms with E-state index in [-0.39, 0.29) is 5.91 Å². The lowest BCUT2D eigenvalue weighted by Crippen LogP contribution is -2.31. The number of benzene rings is 3. The number of carbonyl (C=O) groups is 2. The smallest absolute Gasteiger partial charge is 0.309 e. The summed E-state index contributed by atoms with van der Waals surface area (Å²) >= 11 is 0. The van der Waals surface area contributed by atoms with Crippen molar-refractivity contribution >= 4 is 29.0 Å². The van der Waals surface area contributed by atoms with Crippen LogP contribution in [0.25, 0.3) is 0 Å². The summed E-state index contributed by atoms with van der Waals surface area (Å²) in [5.74, 6) is -0.167. The van der Waals surface area contributed by atoms with E-state index in [1.54, 1.807) is 41.3 Å². The van der Waals surface area contributed by atoms with Gasteiger partial charge in [0.05, 0.1) is 11.3 Å². The molecule has 5 heteroatoms. The monoisotopic (exact) mass is 359 g/mol. The molecule has 3 aromatic rings. The van der Waals surface area contributed by atoms with Gasteiger partial charge >= 0.3 is 6.03 Å². The highest BCUT2D eigenvalue weighted by Gasteiger charge is 2.19. The molecule has 0 saturated heterocycles. The van der Waals surface area contributed by atoms with Crippen molar-refractivity contribution in [2.75, 3.05) is 22.1 Å². The van der Waals surface area contributed by atoms with Gasteiger partial charge in [-0.3, -0.25) is 4.79 Å². The van der Waals surface area contributed by atoms with Crippen molar-refractivity contribution in [3.8, 4) is 0 Å². The Balaban J connectivity index is 1.81. The third-order valence-electron chi connectivity index (χ3n) is 4.07. The van der Waals surface area contributed by atoms with Gasteiger partial charge in [0.25, 0.3) is 5.91 Å².